The minimum Gasteiger partial charge on any atom is -0.344 e. The number of aromatic amines is 1. The second-order valence-electron chi connectivity index (χ2n) is 5.80. The van der Waals surface area contributed by atoms with Gasteiger partial charge in [-0.1, -0.05) is 50.6 Å². The van der Waals surface area contributed by atoms with Crippen LogP contribution in [0.5, 0.6) is 0 Å². The van der Waals surface area contributed by atoms with Gasteiger partial charge in [0.05, 0.1) is 16.2 Å². The van der Waals surface area contributed by atoms with Crippen molar-refractivity contribution in [2.24, 2.45) is 0 Å². The lowest BCUT2D eigenvalue weighted by atomic mass is 10.0. The van der Waals surface area contributed by atoms with E-state index in [1.54, 1.807) is 0 Å². The van der Waals surface area contributed by atoms with Crippen molar-refractivity contribution in [3.8, 4) is 0 Å². The third-order valence-corrected chi connectivity index (χ3v) is 4.52. The number of benzene rings is 1. The van der Waals surface area contributed by atoms with Crippen LogP contribution in [0, 0.1) is 6.92 Å². The van der Waals surface area contributed by atoms with Crippen LogP contribution in [0.3, 0.4) is 0 Å². The van der Waals surface area contributed by atoms with E-state index in [2.05, 4.69) is 83.4 Å². The number of amides is 1. The summed E-state index contributed by atoms with van der Waals surface area (Å²) in [5.74, 6) is 0.116. The van der Waals surface area contributed by atoms with Gasteiger partial charge in [0.1, 0.15) is 0 Å². The Morgan fingerprint density at radius 1 is 1.32 bits per heavy atom. The Morgan fingerprint density at radius 2 is 1.95 bits per heavy atom. The van der Waals surface area contributed by atoms with E-state index >= 15 is 0 Å². The summed E-state index contributed by atoms with van der Waals surface area (Å²) in [5.41, 5.74) is 3.67. The molecule has 0 bridgehead atoms. The summed E-state index contributed by atoms with van der Waals surface area (Å²) in [7, 11) is 0. The Kier molecular flexibility index (Phi) is 5.40. The van der Waals surface area contributed by atoms with E-state index in [9.17, 15) is 4.79 Å². The Balaban J connectivity index is 2.17. The first-order valence-electron chi connectivity index (χ1n) is 7.55. The van der Waals surface area contributed by atoms with Crippen molar-refractivity contribution < 1.29 is 4.79 Å². The fourth-order valence-corrected chi connectivity index (χ4v) is 3.14. The molecule has 5 heteroatoms. The number of aryl methyl sites for hydroxylation is 1. The van der Waals surface area contributed by atoms with E-state index in [1.807, 2.05) is 0 Å². The quantitative estimate of drug-likeness (QED) is 0.822. The molecule has 1 aromatic heterocycles. The zero-order chi connectivity index (χ0) is 16.3. The lowest BCUT2D eigenvalue weighted by Gasteiger charge is -2.17. The monoisotopic (exact) mass is 363 g/mol. The molecule has 1 aromatic carbocycles. The molecule has 2 aromatic rings. The number of nitrogens with zero attached hydrogens (tertiary/aromatic N) is 1. The molecular formula is C17H22BrN3O. The van der Waals surface area contributed by atoms with Crippen LogP contribution >= 0.6 is 15.9 Å². The molecule has 0 radical (unpaired) electrons. The van der Waals surface area contributed by atoms with Gasteiger partial charge in [0.2, 0.25) is 0 Å². The van der Waals surface area contributed by atoms with Crippen molar-refractivity contribution >= 4 is 21.8 Å². The molecule has 0 aliphatic rings. The molecule has 0 spiro atoms. The van der Waals surface area contributed by atoms with Crippen LogP contribution < -0.4 is 5.32 Å². The number of halogens is 1. The predicted molar refractivity (Wildman–Crippen MR) is 92.1 cm³/mol. The highest BCUT2D eigenvalue weighted by atomic mass is 79.9. The van der Waals surface area contributed by atoms with Crippen LogP contribution in [0.4, 0.5) is 0 Å². The molecule has 1 heterocycles. The molecule has 1 unspecified atom stereocenters. The number of hydrogen-bond donors (Lipinski definition) is 2. The molecule has 1 atom stereocenters. The Morgan fingerprint density at radius 3 is 2.45 bits per heavy atom. The lowest BCUT2D eigenvalue weighted by molar-refractivity contribution is 0.0929. The Bertz CT molecular complexity index is 646. The Hall–Kier alpha value is -1.62. The van der Waals surface area contributed by atoms with Gasteiger partial charge in [-0.3, -0.25) is 9.89 Å². The Labute approximate surface area is 139 Å². The van der Waals surface area contributed by atoms with Gasteiger partial charge in [-0.05, 0) is 40.8 Å². The molecule has 0 saturated heterocycles. The average Bonchev–Trinajstić information content (AvgIpc) is 2.87. The highest BCUT2D eigenvalue weighted by Crippen LogP contribution is 2.26. The maximum Gasteiger partial charge on any atom is 0.273 e. The maximum atomic E-state index is 12.5. The second-order valence-corrected chi connectivity index (χ2v) is 6.59. The van der Waals surface area contributed by atoms with Gasteiger partial charge in [-0.2, -0.15) is 5.10 Å². The fourth-order valence-electron chi connectivity index (χ4n) is 2.32. The van der Waals surface area contributed by atoms with Gasteiger partial charge in [0.15, 0.2) is 5.69 Å². The van der Waals surface area contributed by atoms with Crippen LogP contribution in [-0.2, 0) is 0 Å². The number of nitrogens with one attached hydrogen (secondary N) is 2. The van der Waals surface area contributed by atoms with E-state index in [1.165, 1.54) is 5.56 Å². The average molecular weight is 364 g/mol. The van der Waals surface area contributed by atoms with Gasteiger partial charge in [0.25, 0.3) is 5.91 Å². The summed E-state index contributed by atoms with van der Waals surface area (Å²) >= 11 is 3.48. The fraction of sp³-hybridized carbons (Fsp3) is 0.412. The van der Waals surface area contributed by atoms with Gasteiger partial charge in [0, 0.05) is 0 Å². The van der Waals surface area contributed by atoms with E-state index in [-0.39, 0.29) is 17.9 Å². The summed E-state index contributed by atoms with van der Waals surface area (Å²) in [4.78, 5) is 12.5. The second kappa shape index (κ2) is 7.09. The van der Waals surface area contributed by atoms with E-state index < -0.39 is 0 Å². The molecule has 22 heavy (non-hydrogen) atoms. The molecule has 1 amide bonds. The normalized spacial score (nSPS) is 12.5. The predicted octanol–water partition coefficient (Wildman–Crippen LogP) is 4.49. The summed E-state index contributed by atoms with van der Waals surface area (Å²) in [5, 5.41) is 10.1. The zero-order valence-corrected chi connectivity index (χ0v) is 15.0. The van der Waals surface area contributed by atoms with Crippen molar-refractivity contribution in [1.82, 2.24) is 15.5 Å². The van der Waals surface area contributed by atoms with Gasteiger partial charge in [-0.15, -0.1) is 0 Å². The number of H-pyrrole nitrogens is 1. The van der Waals surface area contributed by atoms with Crippen LogP contribution in [0.15, 0.2) is 28.7 Å². The molecular weight excluding hydrogens is 342 g/mol. The molecule has 2 rings (SSSR count). The molecule has 4 nitrogen and oxygen atoms in total. The number of hydrogen-bond acceptors (Lipinski definition) is 2. The van der Waals surface area contributed by atoms with Crippen LogP contribution in [-0.4, -0.2) is 16.1 Å². The van der Waals surface area contributed by atoms with Crippen LogP contribution in [0.1, 0.15) is 66.5 Å². The molecule has 0 aliphatic heterocycles. The molecule has 2 N–H and O–H groups in total. The first kappa shape index (κ1) is 16.7. The third kappa shape index (κ3) is 3.58. The van der Waals surface area contributed by atoms with E-state index in [0.29, 0.717) is 5.69 Å². The maximum absolute atomic E-state index is 12.5. The highest BCUT2D eigenvalue weighted by Gasteiger charge is 2.21. The van der Waals surface area contributed by atoms with Crippen molar-refractivity contribution in [1.29, 1.82) is 0 Å². The number of carbonyl (C=O) groups excluding carboxylic acids is 1. The molecule has 0 aliphatic carbocycles. The van der Waals surface area contributed by atoms with Gasteiger partial charge in [-0.25, -0.2) is 0 Å². The molecule has 0 fully saturated rings. The van der Waals surface area contributed by atoms with Gasteiger partial charge < -0.3 is 5.32 Å². The summed E-state index contributed by atoms with van der Waals surface area (Å²) in [6.07, 6.45) is 0.827. The van der Waals surface area contributed by atoms with Crippen molar-refractivity contribution in [3.63, 3.8) is 0 Å². The standard InChI is InChI=1S/C17H22BrN3O/c1-5-13(12-8-6-11(4)7-9-12)19-17(22)16-14(18)15(10(2)3)20-21-16/h6-10,13H,5H2,1-4H3,(H,19,22)(H,20,21). The topological polar surface area (TPSA) is 57.8 Å². The van der Waals surface area contributed by atoms with Crippen LogP contribution in [0.2, 0.25) is 0 Å². The molecule has 0 saturated carbocycles. The summed E-state index contributed by atoms with van der Waals surface area (Å²) in [6, 6.07) is 8.22. The minimum absolute atomic E-state index is 0.0146. The first-order chi connectivity index (χ1) is 10.4. The SMILES string of the molecule is CCC(NC(=O)c1n[nH]c(C(C)C)c1Br)c1ccc(C)cc1. The first-order valence-corrected chi connectivity index (χ1v) is 8.34. The van der Waals surface area contributed by atoms with E-state index in [0.717, 1.165) is 22.2 Å². The lowest BCUT2D eigenvalue weighted by Crippen LogP contribution is -2.28. The smallest absolute Gasteiger partial charge is 0.273 e. The number of carbonyl (C=O) groups is 1. The van der Waals surface area contributed by atoms with Crippen molar-refractivity contribution in [2.45, 2.75) is 46.1 Å². The number of rotatable bonds is 5. The zero-order valence-electron chi connectivity index (χ0n) is 13.4. The largest absolute Gasteiger partial charge is 0.344 e. The summed E-state index contributed by atoms with van der Waals surface area (Å²) < 4.78 is 0.749. The minimum atomic E-state index is -0.164. The van der Waals surface area contributed by atoms with Gasteiger partial charge >= 0.3 is 0 Å². The van der Waals surface area contributed by atoms with E-state index in [4.69, 9.17) is 0 Å². The van der Waals surface area contributed by atoms with Crippen molar-refractivity contribution in [2.75, 3.05) is 0 Å². The third-order valence-electron chi connectivity index (χ3n) is 3.72. The highest BCUT2D eigenvalue weighted by molar-refractivity contribution is 9.10. The van der Waals surface area contributed by atoms with Crippen LogP contribution in [0.25, 0.3) is 0 Å². The molecule has 118 valence electrons. The number of aromatic nitrogens is 2. The summed E-state index contributed by atoms with van der Waals surface area (Å²) in [6.45, 7) is 8.23. The van der Waals surface area contributed by atoms with Crippen molar-refractivity contribution in [3.05, 3.63) is 51.3 Å².